The summed E-state index contributed by atoms with van der Waals surface area (Å²) in [4.78, 5) is 8.34. The smallest absolute Gasteiger partial charge is 0.158 e. The van der Waals surface area contributed by atoms with Gasteiger partial charge in [0.15, 0.2) is 5.82 Å². The van der Waals surface area contributed by atoms with Crippen LogP contribution >= 0.6 is 0 Å². The van der Waals surface area contributed by atoms with Crippen molar-refractivity contribution in [3.63, 3.8) is 0 Å². The highest BCUT2D eigenvalue weighted by molar-refractivity contribution is 5.45. The van der Waals surface area contributed by atoms with E-state index < -0.39 is 0 Å². The zero-order valence-corrected chi connectivity index (χ0v) is 11.3. The molecular formula is C14H17FN4O. The first kappa shape index (κ1) is 14.2. The Morgan fingerprint density at radius 2 is 2.10 bits per heavy atom. The lowest BCUT2D eigenvalue weighted by Crippen LogP contribution is -2.08. The van der Waals surface area contributed by atoms with Gasteiger partial charge in [0.25, 0.3) is 0 Å². The quantitative estimate of drug-likeness (QED) is 0.847. The SMILES string of the molecule is CCOCc1nc(N)cc(NCc2ccccc2F)n1. The molecule has 2 aromatic rings. The summed E-state index contributed by atoms with van der Waals surface area (Å²) in [5.74, 6) is 1.15. The second kappa shape index (κ2) is 6.81. The van der Waals surface area contributed by atoms with E-state index in [1.807, 2.05) is 6.92 Å². The highest BCUT2D eigenvalue weighted by atomic mass is 19.1. The molecule has 2 rings (SSSR count). The molecule has 0 aliphatic carbocycles. The molecule has 0 atom stereocenters. The van der Waals surface area contributed by atoms with Crippen LogP contribution in [-0.2, 0) is 17.9 Å². The Labute approximate surface area is 117 Å². The molecule has 106 valence electrons. The van der Waals surface area contributed by atoms with Crippen molar-refractivity contribution in [2.45, 2.75) is 20.1 Å². The van der Waals surface area contributed by atoms with E-state index >= 15 is 0 Å². The lowest BCUT2D eigenvalue weighted by molar-refractivity contribution is 0.128. The molecule has 0 fully saturated rings. The molecule has 20 heavy (non-hydrogen) atoms. The van der Waals surface area contributed by atoms with Crippen LogP contribution in [0, 0.1) is 5.82 Å². The summed E-state index contributed by atoms with van der Waals surface area (Å²) >= 11 is 0. The predicted octanol–water partition coefficient (Wildman–Crippen LogP) is 2.35. The molecule has 0 saturated heterocycles. The molecule has 0 amide bonds. The number of nitrogens with one attached hydrogen (secondary N) is 1. The maximum atomic E-state index is 13.5. The molecule has 0 saturated carbocycles. The molecule has 6 heteroatoms. The Morgan fingerprint density at radius 1 is 1.30 bits per heavy atom. The van der Waals surface area contributed by atoms with Crippen LogP contribution in [0.2, 0.25) is 0 Å². The summed E-state index contributed by atoms with van der Waals surface area (Å²) in [6.07, 6.45) is 0. The van der Waals surface area contributed by atoms with E-state index in [2.05, 4.69) is 15.3 Å². The van der Waals surface area contributed by atoms with Gasteiger partial charge in [0.2, 0.25) is 0 Å². The number of hydrogen-bond donors (Lipinski definition) is 2. The van der Waals surface area contributed by atoms with Gasteiger partial charge in [-0.05, 0) is 13.0 Å². The van der Waals surface area contributed by atoms with Gasteiger partial charge in [0, 0.05) is 24.8 Å². The average molecular weight is 276 g/mol. The van der Waals surface area contributed by atoms with Gasteiger partial charge in [0.1, 0.15) is 24.1 Å². The Bertz CT molecular complexity index is 577. The van der Waals surface area contributed by atoms with Gasteiger partial charge < -0.3 is 15.8 Å². The zero-order valence-electron chi connectivity index (χ0n) is 11.3. The predicted molar refractivity (Wildman–Crippen MR) is 75.5 cm³/mol. The van der Waals surface area contributed by atoms with Crippen molar-refractivity contribution < 1.29 is 9.13 Å². The number of halogens is 1. The molecule has 1 heterocycles. The normalized spacial score (nSPS) is 10.5. The van der Waals surface area contributed by atoms with Crippen molar-refractivity contribution in [3.8, 4) is 0 Å². The third-order valence-corrected chi connectivity index (χ3v) is 2.65. The molecule has 1 aromatic carbocycles. The van der Waals surface area contributed by atoms with Crippen LogP contribution in [0.3, 0.4) is 0 Å². The zero-order chi connectivity index (χ0) is 14.4. The molecule has 3 N–H and O–H groups in total. The van der Waals surface area contributed by atoms with Gasteiger partial charge in [-0.25, -0.2) is 14.4 Å². The number of benzene rings is 1. The van der Waals surface area contributed by atoms with E-state index in [9.17, 15) is 4.39 Å². The number of nitrogen functional groups attached to an aromatic ring is 1. The van der Waals surface area contributed by atoms with Gasteiger partial charge in [-0.1, -0.05) is 18.2 Å². The molecule has 0 unspecified atom stereocenters. The molecule has 0 aliphatic heterocycles. The highest BCUT2D eigenvalue weighted by Gasteiger charge is 2.04. The molecule has 0 spiro atoms. The molecular weight excluding hydrogens is 259 g/mol. The fourth-order valence-electron chi connectivity index (χ4n) is 1.69. The minimum absolute atomic E-state index is 0.253. The summed E-state index contributed by atoms with van der Waals surface area (Å²) in [6.45, 7) is 3.10. The molecule has 0 aliphatic rings. The number of rotatable bonds is 6. The first-order chi connectivity index (χ1) is 9.69. The van der Waals surface area contributed by atoms with Gasteiger partial charge in [0.05, 0.1) is 0 Å². The third kappa shape index (κ3) is 3.89. The van der Waals surface area contributed by atoms with Crippen molar-refractivity contribution in [3.05, 3.63) is 47.5 Å². The maximum absolute atomic E-state index is 13.5. The largest absolute Gasteiger partial charge is 0.384 e. The summed E-state index contributed by atoms with van der Waals surface area (Å²) < 4.78 is 18.7. The van der Waals surface area contributed by atoms with E-state index in [1.54, 1.807) is 24.3 Å². The van der Waals surface area contributed by atoms with Crippen molar-refractivity contribution in [1.29, 1.82) is 0 Å². The first-order valence-corrected chi connectivity index (χ1v) is 6.37. The van der Waals surface area contributed by atoms with Gasteiger partial charge in [-0.15, -0.1) is 0 Å². The van der Waals surface area contributed by atoms with Crippen molar-refractivity contribution in [2.75, 3.05) is 17.7 Å². The average Bonchev–Trinajstić information content (AvgIpc) is 2.44. The van der Waals surface area contributed by atoms with Crippen LogP contribution < -0.4 is 11.1 Å². The van der Waals surface area contributed by atoms with Gasteiger partial charge in [-0.3, -0.25) is 0 Å². The van der Waals surface area contributed by atoms with Crippen LogP contribution in [0.5, 0.6) is 0 Å². The minimum Gasteiger partial charge on any atom is -0.384 e. The maximum Gasteiger partial charge on any atom is 0.158 e. The minimum atomic E-state index is -0.253. The van der Waals surface area contributed by atoms with E-state index in [0.717, 1.165) is 0 Å². The number of anilines is 2. The Morgan fingerprint density at radius 3 is 2.85 bits per heavy atom. The summed E-state index contributed by atoms with van der Waals surface area (Å²) in [5.41, 5.74) is 6.28. The summed E-state index contributed by atoms with van der Waals surface area (Å²) in [6, 6.07) is 8.19. The highest BCUT2D eigenvalue weighted by Crippen LogP contribution is 2.12. The number of nitrogens with two attached hydrogens (primary N) is 1. The third-order valence-electron chi connectivity index (χ3n) is 2.65. The monoisotopic (exact) mass is 276 g/mol. The van der Waals surface area contributed by atoms with Crippen LogP contribution in [-0.4, -0.2) is 16.6 Å². The lowest BCUT2D eigenvalue weighted by Gasteiger charge is -2.09. The van der Waals surface area contributed by atoms with Crippen molar-refractivity contribution in [1.82, 2.24) is 9.97 Å². The molecule has 0 bridgehead atoms. The van der Waals surface area contributed by atoms with Crippen molar-refractivity contribution >= 4 is 11.6 Å². The summed E-state index contributed by atoms with van der Waals surface area (Å²) in [7, 11) is 0. The Balaban J connectivity index is 2.05. The van der Waals surface area contributed by atoms with E-state index in [1.165, 1.54) is 6.07 Å². The Kier molecular flexibility index (Phi) is 4.84. The van der Waals surface area contributed by atoms with Gasteiger partial charge in [-0.2, -0.15) is 0 Å². The van der Waals surface area contributed by atoms with Crippen LogP contribution in [0.25, 0.3) is 0 Å². The van der Waals surface area contributed by atoms with E-state index in [0.29, 0.717) is 42.8 Å². The van der Waals surface area contributed by atoms with Crippen LogP contribution in [0.1, 0.15) is 18.3 Å². The fourth-order valence-corrected chi connectivity index (χ4v) is 1.69. The molecule has 5 nitrogen and oxygen atoms in total. The number of nitrogens with zero attached hydrogens (tertiary/aromatic N) is 2. The lowest BCUT2D eigenvalue weighted by atomic mass is 10.2. The number of hydrogen-bond acceptors (Lipinski definition) is 5. The summed E-state index contributed by atoms with van der Waals surface area (Å²) in [5, 5.41) is 3.03. The standard InChI is InChI=1S/C14H17FN4O/c1-2-20-9-14-18-12(16)7-13(19-14)17-8-10-5-3-4-6-11(10)15/h3-7H,2,8-9H2,1H3,(H3,16,17,18,19). The second-order valence-electron chi connectivity index (χ2n) is 4.18. The van der Waals surface area contributed by atoms with Crippen molar-refractivity contribution in [2.24, 2.45) is 0 Å². The topological polar surface area (TPSA) is 73.1 Å². The number of aromatic nitrogens is 2. The fraction of sp³-hybridized carbons (Fsp3) is 0.286. The van der Waals surface area contributed by atoms with Gasteiger partial charge >= 0.3 is 0 Å². The van der Waals surface area contributed by atoms with Crippen LogP contribution in [0.4, 0.5) is 16.0 Å². The first-order valence-electron chi connectivity index (χ1n) is 6.37. The Hall–Kier alpha value is -2.21. The second-order valence-corrected chi connectivity index (χ2v) is 4.18. The number of ether oxygens (including phenoxy) is 1. The van der Waals surface area contributed by atoms with E-state index in [4.69, 9.17) is 10.5 Å². The van der Waals surface area contributed by atoms with Crippen LogP contribution in [0.15, 0.2) is 30.3 Å². The van der Waals surface area contributed by atoms with E-state index in [-0.39, 0.29) is 5.82 Å². The molecule has 1 aromatic heterocycles. The molecule has 0 radical (unpaired) electrons.